The smallest absolute Gasteiger partial charge is 0.244 e. The molecule has 5 nitrogen and oxygen atoms in total. The molecule has 0 aliphatic heterocycles. The Labute approximate surface area is 163 Å². The van der Waals surface area contributed by atoms with Crippen LogP contribution in [0.5, 0.6) is 5.75 Å². The highest BCUT2D eigenvalue weighted by Gasteiger charge is 2.17. The second kappa shape index (κ2) is 7.56. The number of imidazole rings is 1. The second-order valence-electron chi connectivity index (χ2n) is 6.57. The Hall–Kier alpha value is -3.60. The normalized spacial score (nSPS) is 10.8. The average Bonchev–Trinajstić information content (AvgIpc) is 3.07. The molecule has 0 atom stereocenters. The Morgan fingerprint density at radius 2 is 1.71 bits per heavy atom. The Kier molecular flexibility index (Phi) is 4.81. The van der Waals surface area contributed by atoms with Crippen LogP contribution in [0.4, 0.5) is 5.69 Å². The molecule has 4 rings (SSSR count). The monoisotopic (exact) mass is 371 g/mol. The molecular formula is C23H21N3O2. The van der Waals surface area contributed by atoms with E-state index in [4.69, 9.17) is 9.72 Å². The van der Waals surface area contributed by atoms with E-state index < -0.39 is 0 Å². The summed E-state index contributed by atoms with van der Waals surface area (Å²) in [4.78, 5) is 17.6. The van der Waals surface area contributed by atoms with Crippen LogP contribution in [0, 0.1) is 6.92 Å². The molecule has 0 radical (unpaired) electrons. The van der Waals surface area contributed by atoms with Gasteiger partial charge in [-0.25, -0.2) is 4.98 Å². The van der Waals surface area contributed by atoms with E-state index in [1.54, 1.807) is 7.11 Å². The van der Waals surface area contributed by atoms with E-state index in [1.807, 2.05) is 84.3 Å². The van der Waals surface area contributed by atoms with Gasteiger partial charge in [0.2, 0.25) is 5.91 Å². The van der Waals surface area contributed by atoms with Crippen LogP contribution in [0.3, 0.4) is 0 Å². The molecule has 0 saturated carbocycles. The molecule has 0 spiro atoms. The summed E-state index contributed by atoms with van der Waals surface area (Å²) in [6.07, 6.45) is 0. The van der Waals surface area contributed by atoms with Crippen molar-refractivity contribution in [3.8, 4) is 17.1 Å². The third kappa shape index (κ3) is 3.34. The molecule has 140 valence electrons. The van der Waals surface area contributed by atoms with Gasteiger partial charge in [-0.15, -0.1) is 0 Å². The number of para-hydroxylation sites is 4. The molecule has 0 bridgehead atoms. The molecule has 1 amide bonds. The zero-order valence-corrected chi connectivity index (χ0v) is 15.8. The van der Waals surface area contributed by atoms with Crippen LogP contribution in [-0.2, 0) is 11.3 Å². The molecule has 1 aromatic heterocycles. The number of anilines is 1. The van der Waals surface area contributed by atoms with E-state index in [1.165, 1.54) is 0 Å². The van der Waals surface area contributed by atoms with E-state index in [9.17, 15) is 4.79 Å². The maximum atomic E-state index is 12.8. The molecule has 0 aliphatic carbocycles. The maximum absolute atomic E-state index is 12.8. The van der Waals surface area contributed by atoms with Gasteiger partial charge in [0.05, 0.1) is 23.8 Å². The third-order valence-corrected chi connectivity index (χ3v) is 4.72. The molecule has 0 aliphatic rings. The summed E-state index contributed by atoms with van der Waals surface area (Å²) in [6, 6.07) is 23.3. The number of ether oxygens (including phenoxy) is 1. The summed E-state index contributed by atoms with van der Waals surface area (Å²) in [5, 5.41) is 2.95. The van der Waals surface area contributed by atoms with E-state index in [2.05, 4.69) is 5.32 Å². The summed E-state index contributed by atoms with van der Waals surface area (Å²) < 4.78 is 7.29. The average molecular weight is 371 g/mol. The number of aryl methyl sites for hydroxylation is 1. The first-order valence-corrected chi connectivity index (χ1v) is 9.11. The fourth-order valence-electron chi connectivity index (χ4n) is 3.35. The molecule has 4 aromatic rings. The summed E-state index contributed by atoms with van der Waals surface area (Å²) in [5.74, 6) is 1.28. The van der Waals surface area contributed by atoms with Gasteiger partial charge in [0.15, 0.2) is 0 Å². The largest absolute Gasteiger partial charge is 0.495 e. The van der Waals surface area contributed by atoms with Gasteiger partial charge in [-0.05, 0) is 36.8 Å². The Balaban J connectivity index is 1.73. The number of carbonyl (C=O) groups excluding carboxylic acids is 1. The van der Waals surface area contributed by atoms with Gasteiger partial charge in [-0.2, -0.15) is 0 Å². The van der Waals surface area contributed by atoms with E-state index in [0.29, 0.717) is 11.4 Å². The van der Waals surface area contributed by atoms with Crippen LogP contribution < -0.4 is 10.1 Å². The van der Waals surface area contributed by atoms with Gasteiger partial charge in [0.1, 0.15) is 18.1 Å². The summed E-state index contributed by atoms with van der Waals surface area (Å²) >= 11 is 0. The maximum Gasteiger partial charge on any atom is 0.244 e. The third-order valence-electron chi connectivity index (χ3n) is 4.72. The first-order chi connectivity index (χ1) is 13.7. The number of hydrogen-bond donors (Lipinski definition) is 1. The summed E-state index contributed by atoms with van der Waals surface area (Å²) in [7, 11) is 1.59. The lowest BCUT2D eigenvalue weighted by Crippen LogP contribution is -2.19. The first-order valence-electron chi connectivity index (χ1n) is 9.11. The summed E-state index contributed by atoms with van der Waals surface area (Å²) in [6.45, 7) is 2.20. The highest BCUT2D eigenvalue weighted by Crippen LogP contribution is 2.28. The number of carbonyl (C=O) groups is 1. The number of nitrogens with one attached hydrogen (secondary N) is 1. The topological polar surface area (TPSA) is 56.1 Å². The zero-order chi connectivity index (χ0) is 19.5. The van der Waals surface area contributed by atoms with Crippen molar-refractivity contribution < 1.29 is 9.53 Å². The minimum Gasteiger partial charge on any atom is -0.495 e. The number of aromatic nitrogens is 2. The quantitative estimate of drug-likeness (QED) is 0.555. The van der Waals surface area contributed by atoms with Crippen LogP contribution in [0.15, 0.2) is 72.8 Å². The minimum absolute atomic E-state index is 0.137. The van der Waals surface area contributed by atoms with Crippen LogP contribution in [0.25, 0.3) is 22.4 Å². The van der Waals surface area contributed by atoms with Crippen LogP contribution in [0.2, 0.25) is 0 Å². The van der Waals surface area contributed by atoms with Crippen molar-refractivity contribution >= 4 is 22.6 Å². The molecule has 5 heteroatoms. The Morgan fingerprint density at radius 3 is 2.54 bits per heavy atom. The number of benzene rings is 3. The number of amides is 1. The van der Waals surface area contributed by atoms with Crippen molar-refractivity contribution in [2.24, 2.45) is 0 Å². The fourth-order valence-corrected chi connectivity index (χ4v) is 3.35. The first kappa shape index (κ1) is 17.8. The number of methoxy groups -OCH3 is 1. The number of rotatable bonds is 5. The van der Waals surface area contributed by atoms with Gasteiger partial charge in [0.25, 0.3) is 0 Å². The molecule has 0 fully saturated rings. The van der Waals surface area contributed by atoms with E-state index >= 15 is 0 Å². The van der Waals surface area contributed by atoms with E-state index in [0.717, 1.165) is 28.0 Å². The Bertz CT molecular complexity index is 1150. The molecule has 28 heavy (non-hydrogen) atoms. The van der Waals surface area contributed by atoms with Gasteiger partial charge < -0.3 is 14.6 Å². The van der Waals surface area contributed by atoms with Gasteiger partial charge in [0, 0.05) is 5.56 Å². The molecule has 1 heterocycles. The van der Waals surface area contributed by atoms with Crippen molar-refractivity contribution in [2.75, 3.05) is 12.4 Å². The van der Waals surface area contributed by atoms with Crippen molar-refractivity contribution in [3.63, 3.8) is 0 Å². The van der Waals surface area contributed by atoms with Crippen molar-refractivity contribution in [1.29, 1.82) is 0 Å². The van der Waals surface area contributed by atoms with Crippen molar-refractivity contribution in [2.45, 2.75) is 13.5 Å². The zero-order valence-electron chi connectivity index (χ0n) is 15.8. The molecule has 1 N–H and O–H groups in total. The predicted molar refractivity (Wildman–Crippen MR) is 112 cm³/mol. The van der Waals surface area contributed by atoms with Gasteiger partial charge in [-0.3, -0.25) is 4.79 Å². The summed E-state index contributed by atoms with van der Waals surface area (Å²) in [5.41, 5.74) is 4.58. The SMILES string of the molecule is COc1ccccc1NC(=O)Cn1c(-c2ccccc2C)nc2ccccc21. The van der Waals surface area contributed by atoms with Crippen LogP contribution >= 0.6 is 0 Å². The molecule has 0 unspecified atom stereocenters. The predicted octanol–water partition coefficient (Wildman–Crippen LogP) is 4.66. The van der Waals surface area contributed by atoms with E-state index in [-0.39, 0.29) is 12.5 Å². The van der Waals surface area contributed by atoms with Crippen molar-refractivity contribution in [1.82, 2.24) is 9.55 Å². The fraction of sp³-hybridized carbons (Fsp3) is 0.130. The number of fused-ring (bicyclic) bond motifs is 1. The standard InChI is InChI=1S/C23H21N3O2/c1-16-9-3-4-10-17(16)23-25-18-11-5-7-13-20(18)26(23)15-22(27)24-19-12-6-8-14-21(19)28-2/h3-14H,15H2,1-2H3,(H,24,27). The van der Waals surface area contributed by atoms with Gasteiger partial charge >= 0.3 is 0 Å². The second-order valence-corrected chi connectivity index (χ2v) is 6.57. The molecular weight excluding hydrogens is 350 g/mol. The lowest BCUT2D eigenvalue weighted by Gasteiger charge is -2.13. The molecule has 3 aromatic carbocycles. The number of nitrogens with zero attached hydrogens (tertiary/aromatic N) is 2. The number of hydrogen-bond acceptors (Lipinski definition) is 3. The van der Waals surface area contributed by atoms with Gasteiger partial charge in [-0.1, -0.05) is 48.5 Å². The van der Waals surface area contributed by atoms with Crippen LogP contribution in [-0.4, -0.2) is 22.6 Å². The molecule has 0 saturated heterocycles. The minimum atomic E-state index is -0.137. The highest BCUT2D eigenvalue weighted by atomic mass is 16.5. The lowest BCUT2D eigenvalue weighted by molar-refractivity contribution is -0.116. The van der Waals surface area contributed by atoms with Crippen LogP contribution in [0.1, 0.15) is 5.56 Å². The highest BCUT2D eigenvalue weighted by molar-refractivity contribution is 5.94. The lowest BCUT2D eigenvalue weighted by atomic mass is 10.1. The van der Waals surface area contributed by atoms with Crippen molar-refractivity contribution in [3.05, 3.63) is 78.4 Å². The Morgan fingerprint density at radius 1 is 1.00 bits per heavy atom.